The molecule has 1 aliphatic carbocycles. The molecule has 22 heavy (non-hydrogen) atoms. The Labute approximate surface area is 131 Å². The third kappa shape index (κ3) is 4.69. The van der Waals surface area contributed by atoms with Gasteiger partial charge in [-0.1, -0.05) is 25.3 Å². The number of anilines is 1. The summed E-state index contributed by atoms with van der Waals surface area (Å²) in [5.41, 5.74) is 0.574. The molecule has 2 amide bonds. The molecule has 2 N–H and O–H groups in total. The lowest BCUT2D eigenvalue weighted by molar-refractivity contribution is 0.255. The number of urea groups is 1. The lowest BCUT2D eigenvalue weighted by Gasteiger charge is -2.17. The smallest absolute Gasteiger partial charge is 0.323 e. The van der Waals surface area contributed by atoms with Crippen molar-refractivity contribution in [1.29, 1.82) is 0 Å². The molecule has 1 aromatic rings. The highest BCUT2D eigenvalue weighted by atomic mass is 16.5. The Morgan fingerprint density at radius 1 is 1.18 bits per heavy atom. The monoisotopic (exact) mass is 304 g/mol. The predicted molar refractivity (Wildman–Crippen MR) is 87.4 cm³/mol. The first-order valence-electron chi connectivity index (χ1n) is 7.69. The number of allylic oxidation sites excluding steroid dienone is 1. The van der Waals surface area contributed by atoms with Gasteiger partial charge in [0.2, 0.25) is 0 Å². The molecule has 0 saturated heterocycles. The largest absolute Gasteiger partial charge is 0.497 e. The maximum atomic E-state index is 12.0. The van der Waals surface area contributed by atoms with Gasteiger partial charge in [0.15, 0.2) is 0 Å². The summed E-state index contributed by atoms with van der Waals surface area (Å²) in [7, 11) is 3.15. The minimum Gasteiger partial charge on any atom is -0.497 e. The summed E-state index contributed by atoms with van der Waals surface area (Å²) in [6.45, 7) is 0. The van der Waals surface area contributed by atoms with Gasteiger partial charge in [-0.05, 0) is 30.9 Å². The Bertz CT molecular complexity index is 523. The Kier molecular flexibility index (Phi) is 6.13. The van der Waals surface area contributed by atoms with E-state index in [1.54, 1.807) is 38.6 Å². The van der Waals surface area contributed by atoms with Crippen LogP contribution in [0.25, 0.3) is 0 Å². The summed E-state index contributed by atoms with van der Waals surface area (Å²) in [5.74, 6) is 1.83. The standard InChI is InChI=1S/C17H24N2O3/c1-21-14-8-9-16(22-2)15(12-14)19-17(20)18-11-10-13-6-4-3-5-7-13/h8-13H,3-7H2,1-2H3,(H2,18,19,20)/b11-10+. The van der Waals surface area contributed by atoms with Crippen molar-refractivity contribution >= 4 is 11.7 Å². The number of rotatable bonds is 5. The first-order chi connectivity index (χ1) is 10.7. The van der Waals surface area contributed by atoms with Gasteiger partial charge in [0.1, 0.15) is 11.5 Å². The third-order valence-corrected chi connectivity index (χ3v) is 3.89. The zero-order chi connectivity index (χ0) is 15.8. The molecule has 1 saturated carbocycles. The van der Waals surface area contributed by atoms with Crippen molar-refractivity contribution in [2.45, 2.75) is 32.1 Å². The van der Waals surface area contributed by atoms with E-state index in [0.29, 0.717) is 23.1 Å². The normalized spacial score (nSPS) is 15.5. The van der Waals surface area contributed by atoms with E-state index in [0.717, 1.165) is 0 Å². The summed E-state index contributed by atoms with van der Waals surface area (Å²) >= 11 is 0. The molecule has 1 aliphatic rings. The molecule has 0 spiro atoms. The molecule has 120 valence electrons. The lowest BCUT2D eigenvalue weighted by atomic mass is 9.89. The van der Waals surface area contributed by atoms with E-state index in [1.165, 1.54) is 32.1 Å². The Morgan fingerprint density at radius 3 is 2.64 bits per heavy atom. The van der Waals surface area contributed by atoms with Gasteiger partial charge in [-0.3, -0.25) is 0 Å². The second-order valence-electron chi connectivity index (χ2n) is 5.42. The van der Waals surface area contributed by atoms with Crippen LogP contribution in [0, 0.1) is 5.92 Å². The van der Waals surface area contributed by atoms with Gasteiger partial charge >= 0.3 is 6.03 Å². The quantitative estimate of drug-likeness (QED) is 0.866. The van der Waals surface area contributed by atoms with Crippen molar-refractivity contribution in [3.05, 3.63) is 30.5 Å². The molecular formula is C17H24N2O3. The fraction of sp³-hybridized carbons (Fsp3) is 0.471. The van der Waals surface area contributed by atoms with Gasteiger partial charge in [-0.15, -0.1) is 0 Å². The van der Waals surface area contributed by atoms with Gasteiger partial charge in [-0.2, -0.15) is 0 Å². The second kappa shape index (κ2) is 8.32. The van der Waals surface area contributed by atoms with E-state index in [1.807, 2.05) is 0 Å². The van der Waals surface area contributed by atoms with Gasteiger partial charge in [0.05, 0.1) is 19.9 Å². The molecule has 2 rings (SSSR count). The highest BCUT2D eigenvalue weighted by Gasteiger charge is 2.10. The number of benzene rings is 1. The fourth-order valence-electron chi connectivity index (χ4n) is 2.66. The number of amides is 2. The zero-order valence-electron chi connectivity index (χ0n) is 13.2. The van der Waals surface area contributed by atoms with Gasteiger partial charge in [-0.25, -0.2) is 4.79 Å². The number of nitrogens with one attached hydrogen (secondary N) is 2. The topological polar surface area (TPSA) is 59.6 Å². The van der Waals surface area contributed by atoms with Crippen LogP contribution < -0.4 is 20.1 Å². The van der Waals surface area contributed by atoms with E-state index in [2.05, 4.69) is 16.7 Å². The molecule has 5 nitrogen and oxygen atoms in total. The van der Waals surface area contributed by atoms with Crippen LogP contribution in [0.5, 0.6) is 11.5 Å². The predicted octanol–water partition coefficient (Wildman–Crippen LogP) is 3.92. The van der Waals surface area contributed by atoms with Crippen molar-refractivity contribution in [1.82, 2.24) is 5.32 Å². The van der Waals surface area contributed by atoms with Gasteiger partial charge in [0, 0.05) is 12.3 Å². The number of hydrogen-bond donors (Lipinski definition) is 2. The number of methoxy groups -OCH3 is 2. The molecule has 1 aromatic carbocycles. The van der Waals surface area contributed by atoms with Crippen LogP contribution in [0.3, 0.4) is 0 Å². The Morgan fingerprint density at radius 2 is 1.95 bits per heavy atom. The molecule has 5 heteroatoms. The lowest BCUT2D eigenvalue weighted by Crippen LogP contribution is -2.24. The van der Waals surface area contributed by atoms with E-state index < -0.39 is 0 Å². The van der Waals surface area contributed by atoms with Crippen molar-refractivity contribution in [2.75, 3.05) is 19.5 Å². The highest BCUT2D eigenvalue weighted by molar-refractivity contribution is 5.91. The molecule has 1 fully saturated rings. The van der Waals surface area contributed by atoms with Crippen LogP contribution in [-0.2, 0) is 0 Å². The van der Waals surface area contributed by atoms with Crippen LogP contribution in [0.2, 0.25) is 0 Å². The van der Waals surface area contributed by atoms with Crippen LogP contribution in [0.4, 0.5) is 10.5 Å². The second-order valence-corrected chi connectivity index (χ2v) is 5.42. The average molecular weight is 304 g/mol. The summed E-state index contributed by atoms with van der Waals surface area (Å²) in [5, 5.41) is 5.51. The van der Waals surface area contributed by atoms with Crippen LogP contribution in [-0.4, -0.2) is 20.3 Å². The van der Waals surface area contributed by atoms with Crippen molar-refractivity contribution in [2.24, 2.45) is 5.92 Å². The number of ether oxygens (including phenoxy) is 2. The van der Waals surface area contributed by atoms with Gasteiger partial charge < -0.3 is 20.1 Å². The summed E-state index contributed by atoms with van der Waals surface area (Å²) in [6, 6.07) is 4.97. The molecule has 0 atom stereocenters. The van der Waals surface area contributed by atoms with E-state index in [9.17, 15) is 4.79 Å². The maximum absolute atomic E-state index is 12.0. The number of carbonyl (C=O) groups is 1. The van der Waals surface area contributed by atoms with E-state index >= 15 is 0 Å². The van der Waals surface area contributed by atoms with Crippen molar-refractivity contribution < 1.29 is 14.3 Å². The average Bonchev–Trinajstić information content (AvgIpc) is 2.55. The van der Waals surface area contributed by atoms with E-state index in [4.69, 9.17) is 9.47 Å². The van der Waals surface area contributed by atoms with Crippen LogP contribution >= 0.6 is 0 Å². The van der Waals surface area contributed by atoms with Crippen molar-refractivity contribution in [3.8, 4) is 11.5 Å². The van der Waals surface area contributed by atoms with Crippen LogP contribution in [0.15, 0.2) is 30.5 Å². The first-order valence-corrected chi connectivity index (χ1v) is 7.69. The maximum Gasteiger partial charge on any atom is 0.323 e. The Balaban J connectivity index is 1.89. The molecular weight excluding hydrogens is 280 g/mol. The first kappa shape index (κ1) is 16.2. The van der Waals surface area contributed by atoms with Crippen LogP contribution in [0.1, 0.15) is 32.1 Å². The molecule has 0 unspecified atom stereocenters. The molecule has 0 heterocycles. The Hall–Kier alpha value is -2.17. The SMILES string of the molecule is COc1ccc(OC)c(NC(=O)N/C=C/C2CCCCC2)c1. The molecule has 0 bridgehead atoms. The number of hydrogen-bond acceptors (Lipinski definition) is 3. The minimum atomic E-state index is -0.293. The molecule has 0 aliphatic heterocycles. The summed E-state index contributed by atoms with van der Waals surface area (Å²) in [6.07, 6.45) is 10.1. The third-order valence-electron chi connectivity index (χ3n) is 3.89. The van der Waals surface area contributed by atoms with Crippen molar-refractivity contribution in [3.63, 3.8) is 0 Å². The minimum absolute atomic E-state index is 0.293. The van der Waals surface area contributed by atoms with Gasteiger partial charge in [0.25, 0.3) is 0 Å². The van der Waals surface area contributed by atoms with E-state index in [-0.39, 0.29) is 6.03 Å². The zero-order valence-corrected chi connectivity index (χ0v) is 13.2. The highest BCUT2D eigenvalue weighted by Crippen LogP contribution is 2.28. The molecule has 0 aromatic heterocycles. The number of carbonyl (C=O) groups excluding carboxylic acids is 1. The molecule has 0 radical (unpaired) electrons. The summed E-state index contributed by atoms with van der Waals surface area (Å²) in [4.78, 5) is 12.0. The fourth-order valence-corrected chi connectivity index (χ4v) is 2.66. The summed E-state index contributed by atoms with van der Waals surface area (Å²) < 4.78 is 10.4.